The van der Waals surface area contributed by atoms with Crippen molar-refractivity contribution in [1.82, 2.24) is 4.90 Å². The van der Waals surface area contributed by atoms with Gasteiger partial charge in [-0.15, -0.1) is 0 Å². The minimum Gasteiger partial charge on any atom is -0.282 e. The number of rotatable bonds is 1. The maximum Gasteiger partial charge on any atom is 0.235 e. The van der Waals surface area contributed by atoms with Gasteiger partial charge in [0.2, 0.25) is 11.8 Å². The number of carbonyl (C=O) groups excluding carboxylic acids is 2. The summed E-state index contributed by atoms with van der Waals surface area (Å²) in [5, 5.41) is 0. The van der Waals surface area contributed by atoms with Crippen LogP contribution in [0.5, 0.6) is 0 Å². The zero-order valence-electron chi connectivity index (χ0n) is 11.6. The lowest BCUT2D eigenvalue weighted by Gasteiger charge is -2.56. The summed E-state index contributed by atoms with van der Waals surface area (Å²) in [4.78, 5) is 26.6. The molecule has 0 aromatic carbocycles. The molecule has 5 fully saturated rings. The summed E-state index contributed by atoms with van der Waals surface area (Å²) >= 11 is 0. The third kappa shape index (κ3) is 1.77. The van der Waals surface area contributed by atoms with E-state index in [1.165, 1.54) is 19.3 Å². The Morgan fingerprint density at radius 2 is 1.58 bits per heavy atom. The van der Waals surface area contributed by atoms with Crippen molar-refractivity contribution in [1.29, 1.82) is 0 Å². The van der Waals surface area contributed by atoms with Gasteiger partial charge in [-0.3, -0.25) is 14.5 Å². The predicted octanol–water partition coefficient (Wildman–Crippen LogP) is 2.74. The van der Waals surface area contributed by atoms with Crippen molar-refractivity contribution < 1.29 is 9.59 Å². The van der Waals surface area contributed by atoms with Gasteiger partial charge in [0.15, 0.2) is 0 Å². The molecule has 1 saturated heterocycles. The lowest BCUT2D eigenvalue weighted by molar-refractivity contribution is -0.164. The van der Waals surface area contributed by atoms with Crippen molar-refractivity contribution in [3.8, 4) is 0 Å². The van der Waals surface area contributed by atoms with Gasteiger partial charge in [-0.2, -0.15) is 0 Å². The van der Waals surface area contributed by atoms with E-state index in [0.717, 1.165) is 49.9 Å². The zero-order valence-corrected chi connectivity index (χ0v) is 11.6. The number of amides is 2. The van der Waals surface area contributed by atoms with E-state index in [2.05, 4.69) is 0 Å². The van der Waals surface area contributed by atoms with E-state index in [-0.39, 0.29) is 17.2 Å². The van der Waals surface area contributed by atoms with Crippen molar-refractivity contribution in [2.24, 2.45) is 23.2 Å². The van der Waals surface area contributed by atoms with Crippen molar-refractivity contribution in [3.63, 3.8) is 0 Å². The van der Waals surface area contributed by atoms with Crippen molar-refractivity contribution in [3.05, 3.63) is 0 Å². The first-order chi connectivity index (χ1) is 9.16. The van der Waals surface area contributed by atoms with Crippen LogP contribution in [-0.2, 0) is 9.59 Å². The van der Waals surface area contributed by atoms with Gasteiger partial charge < -0.3 is 0 Å². The molecule has 0 unspecified atom stereocenters. The second kappa shape index (κ2) is 4.07. The van der Waals surface area contributed by atoms with Crippen LogP contribution >= 0.6 is 0 Å². The minimum absolute atomic E-state index is 0.0898. The average molecular weight is 261 g/mol. The van der Waals surface area contributed by atoms with Gasteiger partial charge >= 0.3 is 0 Å². The summed E-state index contributed by atoms with van der Waals surface area (Å²) in [5.74, 6) is 2.61. The third-order valence-electron chi connectivity index (χ3n) is 6.06. The molecule has 4 bridgehead atoms. The molecule has 4 aliphatic carbocycles. The second-order valence-electron chi connectivity index (χ2n) is 7.51. The molecule has 104 valence electrons. The van der Waals surface area contributed by atoms with Crippen LogP contribution in [0.1, 0.15) is 57.8 Å². The maximum atomic E-state index is 13.0. The van der Waals surface area contributed by atoms with Crippen LogP contribution < -0.4 is 0 Å². The third-order valence-corrected chi connectivity index (χ3v) is 6.06. The molecular formula is C16H23NO2. The molecule has 0 atom stereocenters. The van der Waals surface area contributed by atoms with Crippen LogP contribution in [0.4, 0.5) is 0 Å². The summed E-state index contributed by atoms with van der Waals surface area (Å²) in [6.07, 6.45) is 9.80. The number of imide groups is 1. The van der Waals surface area contributed by atoms with Gasteiger partial charge in [0, 0.05) is 13.0 Å². The molecule has 0 radical (unpaired) electrons. The first-order valence-corrected chi connectivity index (χ1v) is 8.01. The highest BCUT2D eigenvalue weighted by molar-refractivity contribution is 5.98. The van der Waals surface area contributed by atoms with Gasteiger partial charge in [0.1, 0.15) is 0 Å². The highest BCUT2D eigenvalue weighted by Crippen LogP contribution is 2.60. The van der Waals surface area contributed by atoms with E-state index in [4.69, 9.17) is 0 Å². The molecule has 3 heteroatoms. The first kappa shape index (κ1) is 11.9. The van der Waals surface area contributed by atoms with Crippen LogP contribution in [0.25, 0.3) is 0 Å². The summed E-state index contributed by atoms with van der Waals surface area (Å²) in [5.41, 5.74) is -0.137. The second-order valence-corrected chi connectivity index (χ2v) is 7.51. The minimum atomic E-state index is -0.137. The Labute approximate surface area is 114 Å². The Hall–Kier alpha value is -0.860. The van der Waals surface area contributed by atoms with E-state index < -0.39 is 0 Å². The zero-order chi connectivity index (χ0) is 13.0. The average Bonchev–Trinajstić information content (AvgIpc) is 2.37. The maximum absolute atomic E-state index is 13.0. The standard InChI is InChI=1S/C16H23NO2/c18-14-3-1-2-4-17(14)15(19)16-8-11-5-12(9-16)7-13(6-11)10-16/h11-13H,1-10H2. The Kier molecular flexibility index (Phi) is 2.55. The van der Waals surface area contributed by atoms with Crippen LogP contribution in [0, 0.1) is 23.2 Å². The Balaban J connectivity index is 1.60. The molecule has 5 aliphatic rings. The normalized spacial score (nSPS) is 44.7. The fraction of sp³-hybridized carbons (Fsp3) is 0.875. The fourth-order valence-electron chi connectivity index (χ4n) is 5.68. The highest BCUT2D eigenvalue weighted by atomic mass is 16.2. The Morgan fingerprint density at radius 3 is 2.11 bits per heavy atom. The Morgan fingerprint density at radius 1 is 1.00 bits per heavy atom. The van der Waals surface area contributed by atoms with Crippen molar-refractivity contribution in [2.45, 2.75) is 57.8 Å². The molecule has 0 aromatic rings. The van der Waals surface area contributed by atoms with E-state index >= 15 is 0 Å². The lowest BCUT2D eigenvalue weighted by atomic mass is 9.49. The van der Waals surface area contributed by atoms with E-state index in [1.807, 2.05) is 0 Å². The van der Waals surface area contributed by atoms with Gasteiger partial charge in [-0.1, -0.05) is 0 Å². The van der Waals surface area contributed by atoms with Crippen LogP contribution in [0.2, 0.25) is 0 Å². The molecule has 0 aromatic heterocycles. The summed E-state index contributed by atoms with van der Waals surface area (Å²) in [6, 6.07) is 0. The van der Waals surface area contributed by atoms with Crippen LogP contribution in [0.3, 0.4) is 0 Å². The summed E-state index contributed by atoms with van der Waals surface area (Å²) in [7, 11) is 0. The van der Waals surface area contributed by atoms with Crippen LogP contribution in [0.15, 0.2) is 0 Å². The van der Waals surface area contributed by atoms with Gasteiger partial charge in [-0.05, 0) is 69.1 Å². The number of hydrogen-bond donors (Lipinski definition) is 0. The molecule has 2 amide bonds. The van der Waals surface area contributed by atoms with E-state index in [9.17, 15) is 9.59 Å². The number of carbonyl (C=O) groups is 2. The molecule has 5 rings (SSSR count). The van der Waals surface area contributed by atoms with E-state index in [1.54, 1.807) is 4.90 Å². The summed E-state index contributed by atoms with van der Waals surface area (Å²) in [6.45, 7) is 0.680. The number of piperidine rings is 1. The molecular weight excluding hydrogens is 238 g/mol. The molecule has 0 N–H and O–H groups in total. The number of nitrogens with zero attached hydrogens (tertiary/aromatic N) is 1. The molecule has 19 heavy (non-hydrogen) atoms. The van der Waals surface area contributed by atoms with Crippen molar-refractivity contribution >= 4 is 11.8 Å². The lowest BCUT2D eigenvalue weighted by Crippen LogP contribution is -2.56. The van der Waals surface area contributed by atoms with Crippen LogP contribution in [-0.4, -0.2) is 23.3 Å². The molecule has 3 nitrogen and oxygen atoms in total. The van der Waals surface area contributed by atoms with E-state index in [0.29, 0.717) is 13.0 Å². The SMILES string of the molecule is O=C1CCCCN1C(=O)C12CC3CC(CC(C3)C1)C2. The smallest absolute Gasteiger partial charge is 0.235 e. The van der Waals surface area contributed by atoms with Gasteiger partial charge in [-0.25, -0.2) is 0 Å². The number of hydrogen-bond acceptors (Lipinski definition) is 2. The Bertz CT molecular complexity index is 393. The van der Waals surface area contributed by atoms with Gasteiger partial charge in [0.05, 0.1) is 5.41 Å². The monoisotopic (exact) mass is 261 g/mol. The highest BCUT2D eigenvalue weighted by Gasteiger charge is 2.56. The number of likely N-dealkylation sites (tertiary alicyclic amines) is 1. The predicted molar refractivity (Wildman–Crippen MR) is 71.2 cm³/mol. The largest absolute Gasteiger partial charge is 0.282 e. The molecule has 1 aliphatic heterocycles. The quantitative estimate of drug-likeness (QED) is 0.681. The molecule has 0 spiro atoms. The first-order valence-electron chi connectivity index (χ1n) is 8.01. The molecule has 4 saturated carbocycles. The topological polar surface area (TPSA) is 37.4 Å². The summed E-state index contributed by atoms with van der Waals surface area (Å²) < 4.78 is 0. The molecule has 1 heterocycles. The van der Waals surface area contributed by atoms with Gasteiger partial charge in [0.25, 0.3) is 0 Å². The fourth-order valence-corrected chi connectivity index (χ4v) is 5.68. The van der Waals surface area contributed by atoms with Crippen molar-refractivity contribution in [2.75, 3.05) is 6.54 Å².